The number of sulfone groups is 1. The second kappa shape index (κ2) is 9.33. The second-order valence-corrected chi connectivity index (χ2v) is 7.04. The first-order valence-electron chi connectivity index (χ1n) is 5.91. The maximum Gasteiger partial charge on any atom is 0.220 e. The number of nitrogens with one attached hydrogen (secondary N) is 1. The summed E-state index contributed by atoms with van der Waals surface area (Å²) in [6.45, 7) is 0.793. The highest BCUT2D eigenvalue weighted by atomic mass is 79.9. The zero-order valence-electron chi connectivity index (χ0n) is 10.8. The van der Waals surface area contributed by atoms with Crippen molar-refractivity contribution in [2.45, 2.75) is 17.7 Å². The molecule has 0 fully saturated rings. The fourth-order valence-electron chi connectivity index (χ4n) is 1.48. The number of carbonyl (C=O) groups excluding carboxylic acids is 1. The van der Waals surface area contributed by atoms with Gasteiger partial charge in [0.1, 0.15) is 0 Å². The zero-order valence-corrected chi connectivity index (χ0v) is 14.1. The molecule has 0 saturated heterocycles. The van der Waals surface area contributed by atoms with Crippen LogP contribution in [0.5, 0.6) is 0 Å². The van der Waals surface area contributed by atoms with Gasteiger partial charge in [0.25, 0.3) is 0 Å². The van der Waals surface area contributed by atoms with Crippen molar-refractivity contribution in [2.24, 2.45) is 5.73 Å². The lowest BCUT2D eigenvalue weighted by Crippen LogP contribution is -2.29. The molecule has 0 aliphatic carbocycles. The van der Waals surface area contributed by atoms with Crippen LogP contribution in [0.25, 0.3) is 0 Å². The van der Waals surface area contributed by atoms with E-state index in [1.807, 2.05) is 0 Å². The Hall–Kier alpha value is -0.630. The molecule has 0 bridgehead atoms. The smallest absolute Gasteiger partial charge is 0.220 e. The zero-order chi connectivity index (χ0) is 14.3. The molecule has 5 nitrogen and oxygen atoms in total. The van der Waals surface area contributed by atoms with Crippen LogP contribution >= 0.6 is 28.3 Å². The maximum absolute atomic E-state index is 12.0. The van der Waals surface area contributed by atoms with E-state index in [4.69, 9.17) is 5.73 Å². The van der Waals surface area contributed by atoms with Crippen molar-refractivity contribution >= 4 is 44.1 Å². The third-order valence-corrected chi connectivity index (χ3v) is 4.80. The SMILES string of the molecule is Cl.NCCNC(=O)CCCS(=O)(=O)c1ccc(Br)cc1. The first-order chi connectivity index (χ1) is 8.95. The van der Waals surface area contributed by atoms with E-state index in [1.165, 1.54) is 0 Å². The van der Waals surface area contributed by atoms with Crippen LogP contribution in [0.2, 0.25) is 0 Å². The van der Waals surface area contributed by atoms with E-state index in [0.29, 0.717) is 19.5 Å². The van der Waals surface area contributed by atoms with Crippen molar-refractivity contribution in [1.82, 2.24) is 5.32 Å². The van der Waals surface area contributed by atoms with Gasteiger partial charge in [0.05, 0.1) is 10.6 Å². The third kappa shape index (κ3) is 6.69. The molecule has 0 atom stereocenters. The standard InChI is InChI=1S/C12H17BrN2O3S.ClH/c13-10-3-5-11(6-4-10)19(17,18)9-1-2-12(16)15-8-7-14;/h3-6H,1-2,7-9,14H2,(H,15,16);1H. The molecule has 1 aromatic carbocycles. The van der Waals surface area contributed by atoms with Crippen molar-refractivity contribution in [3.8, 4) is 0 Å². The van der Waals surface area contributed by atoms with Gasteiger partial charge in [-0.05, 0) is 30.7 Å². The minimum atomic E-state index is -3.32. The molecular weight excluding hydrogens is 368 g/mol. The van der Waals surface area contributed by atoms with E-state index in [9.17, 15) is 13.2 Å². The summed E-state index contributed by atoms with van der Waals surface area (Å²) in [5, 5.41) is 2.60. The van der Waals surface area contributed by atoms with Crippen molar-refractivity contribution in [3.05, 3.63) is 28.7 Å². The molecule has 3 N–H and O–H groups in total. The minimum absolute atomic E-state index is 0. The number of hydrogen-bond acceptors (Lipinski definition) is 4. The molecule has 1 rings (SSSR count). The summed E-state index contributed by atoms with van der Waals surface area (Å²) in [5.74, 6) is -0.207. The molecule has 8 heteroatoms. The highest BCUT2D eigenvalue weighted by molar-refractivity contribution is 9.10. The van der Waals surface area contributed by atoms with E-state index in [-0.39, 0.29) is 35.4 Å². The fourth-order valence-corrected chi connectivity index (χ4v) is 3.06. The Labute approximate surface area is 133 Å². The Morgan fingerprint density at radius 3 is 2.40 bits per heavy atom. The molecule has 114 valence electrons. The number of carbonyl (C=O) groups is 1. The molecule has 1 aromatic rings. The monoisotopic (exact) mass is 384 g/mol. The van der Waals surface area contributed by atoms with E-state index >= 15 is 0 Å². The summed E-state index contributed by atoms with van der Waals surface area (Å²) >= 11 is 3.25. The van der Waals surface area contributed by atoms with Crippen LogP contribution in [0.1, 0.15) is 12.8 Å². The van der Waals surface area contributed by atoms with Gasteiger partial charge in [0.15, 0.2) is 9.84 Å². The molecule has 1 amide bonds. The minimum Gasteiger partial charge on any atom is -0.355 e. The second-order valence-electron chi connectivity index (χ2n) is 4.01. The van der Waals surface area contributed by atoms with Gasteiger partial charge in [-0.25, -0.2) is 8.42 Å². The number of halogens is 2. The molecule has 0 saturated carbocycles. The first-order valence-corrected chi connectivity index (χ1v) is 8.35. The summed E-state index contributed by atoms with van der Waals surface area (Å²) in [6, 6.07) is 6.46. The average molecular weight is 386 g/mol. The van der Waals surface area contributed by atoms with Gasteiger partial charge in [-0.15, -0.1) is 12.4 Å². The Morgan fingerprint density at radius 1 is 1.25 bits per heavy atom. The van der Waals surface area contributed by atoms with E-state index in [1.54, 1.807) is 24.3 Å². The average Bonchev–Trinajstić information content (AvgIpc) is 2.36. The lowest BCUT2D eigenvalue weighted by Gasteiger charge is -2.05. The first kappa shape index (κ1) is 19.4. The molecule has 0 aromatic heterocycles. The highest BCUT2D eigenvalue weighted by Crippen LogP contribution is 2.16. The molecule has 0 aliphatic rings. The normalized spacial score (nSPS) is 10.7. The van der Waals surface area contributed by atoms with Gasteiger partial charge in [-0.2, -0.15) is 0 Å². The van der Waals surface area contributed by atoms with Crippen LogP contribution in [0, 0.1) is 0 Å². The third-order valence-electron chi connectivity index (χ3n) is 2.46. The summed E-state index contributed by atoms with van der Waals surface area (Å²) in [4.78, 5) is 11.6. The summed E-state index contributed by atoms with van der Waals surface area (Å²) in [5.41, 5.74) is 5.25. The van der Waals surface area contributed by atoms with Gasteiger partial charge >= 0.3 is 0 Å². The van der Waals surface area contributed by atoms with E-state index in [2.05, 4.69) is 21.2 Å². The number of benzene rings is 1. The highest BCUT2D eigenvalue weighted by Gasteiger charge is 2.14. The van der Waals surface area contributed by atoms with Crippen molar-refractivity contribution in [1.29, 1.82) is 0 Å². The van der Waals surface area contributed by atoms with Crippen molar-refractivity contribution in [2.75, 3.05) is 18.8 Å². The number of rotatable bonds is 7. The lowest BCUT2D eigenvalue weighted by atomic mass is 10.3. The van der Waals surface area contributed by atoms with Crippen molar-refractivity contribution < 1.29 is 13.2 Å². The van der Waals surface area contributed by atoms with Crippen molar-refractivity contribution in [3.63, 3.8) is 0 Å². The van der Waals surface area contributed by atoms with E-state index in [0.717, 1.165) is 4.47 Å². The molecule has 0 aliphatic heterocycles. The Balaban J connectivity index is 0.00000361. The molecule has 20 heavy (non-hydrogen) atoms. The Kier molecular flexibility index (Phi) is 9.04. The summed E-state index contributed by atoms with van der Waals surface area (Å²) < 4.78 is 24.8. The van der Waals surface area contributed by atoms with Gasteiger partial charge in [0.2, 0.25) is 5.91 Å². The van der Waals surface area contributed by atoms with Crippen LogP contribution in [0.4, 0.5) is 0 Å². The van der Waals surface area contributed by atoms with Gasteiger partial charge in [-0.3, -0.25) is 4.79 Å². The topological polar surface area (TPSA) is 89.3 Å². The number of nitrogens with two attached hydrogens (primary N) is 1. The Morgan fingerprint density at radius 2 is 1.85 bits per heavy atom. The van der Waals surface area contributed by atoms with E-state index < -0.39 is 9.84 Å². The predicted octanol–water partition coefficient (Wildman–Crippen LogP) is 1.50. The predicted molar refractivity (Wildman–Crippen MR) is 84.7 cm³/mol. The largest absolute Gasteiger partial charge is 0.355 e. The molecule has 0 radical (unpaired) electrons. The van der Waals surface area contributed by atoms with Crippen LogP contribution in [0.15, 0.2) is 33.6 Å². The fraction of sp³-hybridized carbons (Fsp3) is 0.417. The van der Waals surface area contributed by atoms with Crippen LogP contribution in [0.3, 0.4) is 0 Å². The lowest BCUT2D eigenvalue weighted by molar-refractivity contribution is -0.121. The molecular formula is C12H18BrClN2O3S. The molecule has 0 spiro atoms. The number of amides is 1. The maximum atomic E-state index is 12.0. The quantitative estimate of drug-likeness (QED) is 0.744. The van der Waals surface area contributed by atoms with Gasteiger partial charge in [-0.1, -0.05) is 15.9 Å². The van der Waals surface area contributed by atoms with Crippen LogP contribution < -0.4 is 11.1 Å². The van der Waals surface area contributed by atoms with Gasteiger partial charge < -0.3 is 11.1 Å². The van der Waals surface area contributed by atoms with Crippen LogP contribution in [-0.4, -0.2) is 33.2 Å². The summed E-state index contributed by atoms with van der Waals surface area (Å²) in [7, 11) is -3.32. The number of hydrogen-bond donors (Lipinski definition) is 2. The molecule has 0 unspecified atom stereocenters. The van der Waals surface area contributed by atoms with Gasteiger partial charge in [0, 0.05) is 24.0 Å². The Bertz CT molecular complexity index is 520. The van der Waals surface area contributed by atoms with Crippen LogP contribution in [-0.2, 0) is 14.6 Å². The molecule has 0 heterocycles. The summed E-state index contributed by atoms with van der Waals surface area (Å²) in [6.07, 6.45) is 0.491.